The Morgan fingerprint density at radius 1 is 1.16 bits per heavy atom. The van der Waals surface area contributed by atoms with Crippen LogP contribution in [0, 0.1) is 13.8 Å². The van der Waals surface area contributed by atoms with Crippen molar-refractivity contribution in [1.29, 1.82) is 0 Å². The van der Waals surface area contributed by atoms with Crippen molar-refractivity contribution in [3.05, 3.63) is 70.1 Å². The maximum absolute atomic E-state index is 12.1. The zero-order chi connectivity index (χ0) is 17.8. The van der Waals surface area contributed by atoms with Crippen LogP contribution in [0.3, 0.4) is 0 Å². The number of aromatic nitrogens is 2. The van der Waals surface area contributed by atoms with Crippen molar-refractivity contribution >= 4 is 17.5 Å². The smallest absolute Gasteiger partial charge is 0.246 e. The highest BCUT2D eigenvalue weighted by atomic mass is 35.5. The lowest BCUT2D eigenvalue weighted by atomic mass is 10.0. The molecule has 0 spiro atoms. The van der Waals surface area contributed by atoms with E-state index in [1.165, 1.54) is 11.1 Å². The minimum atomic E-state index is -0.0965. The van der Waals surface area contributed by atoms with Crippen molar-refractivity contribution in [1.82, 2.24) is 15.5 Å². The first kappa shape index (κ1) is 17.2. The second-order valence-electron chi connectivity index (χ2n) is 5.86. The summed E-state index contributed by atoms with van der Waals surface area (Å²) in [5.74, 6) is 0.646. The van der Waals surface area contributed by atoms with E-state index in [2.05, 4.69) is 15.5 Å². The first-order chi connectivity index (χ1) is 12.0. The molecule has 128 valence electrons. The van der Waals surface area contributed by atoms with Crippen molar-refractivity contribution in [2.75, 3.05) is 0 Å². The molecule has 3 aromatic rings. The highest BCUT2D eigenvalue weighted by Crippen LogP contribution is 2.24. The van der Waals surface area contributed by atoms with E-state index in [-0.39, 0.29) is 12.5 Å². The van der Waals surface area contributed by atoms with Gasteiger partial charge < -0.3 is 9.84 Å². The summed E-state index contributed by atoms with van der Waals surface area (Å²) in [7, 11) is 0. The summed E-state index contributed by atoms with van der Waals surface area (Å²) in [6.07, 6.45) is 0.312. The molecule has 1 aromatic heterocycles. The zero-order valence-corrected chi connectivity index (χ0v) is 14.8. The Morgan fingerprint density at radius 3 is 2.72 bits per heavy atom. The quantitative estimate of drug-likeness (QED) is 0.754. The standard InChI is InChI=1S/C19H18ClN3O2/c1-12-7-8-14(9-13(12)2)10-17(24)21-11-18-22-19(23-25-18)15-5-3-4-6-16(15)20/h3-9H,10-11H2,1-2H3,(H,21,24). The number of amides is 1. The predicted octanol–water partition coefficient (Wildman–Crippen LogP) is 3.87. The topological polar surface area (TPSA) is 68.0 Å². The molecule has 0 unspecified atom stereocenters. The number of carbonyl (C=O) groups is 1. The monoisotopic (exact) mass is 355 g/mol. The Bertz CT molecular complexity index is 905. The van der Waals surface area contributed by atoms with Crippen molar-refractivity contribution in [2.45, 2.75) is 26.8 Å². The Labute approximate surface area is 151 Å². The number of benzene rings is 2. The summed E-state index contributed by atoms with van der Waals surface area (Å²) in [4.78, 5) is 16.4. The Morgan fingerprint density at radius 2 is 1.96 bits per heavy atom. The van der Waals surface area contributed by atoms with Gasteiger partial charge in [0.05, 0.1) is 18.0 Å². The SMILES string of the molecule is Cc1ccc(CC(=O)NCc2nc(-c3ccccc3Cl)no2)cc1C. The van der Waals surface area contributed by atoms with E-state index in [0.29, 0.717) is 28.7 Å². The molecule has 2 aromatic carbocycles. The van der Waals surface area contributed by atoms with Gasteiger partial charge in [0.2, 0.25) is 17.6 Å². The molecular formula is C19H18ClN3O2. The molecule has 0 saturated carbocycles. The van der Waals surface area contributed by atoms with Gasteiger partial charge in [-0.2, -0.15) is 4.98 Å². The van der Waals surface area contributed by atoms with Crippen LogP contribution < -0.4 is 5.32 Å². The van der Waals surface area contributed by atoms with Gasteiger partial charge in [0, 0.05) is 5.56 Å². The summed E-state index contributed by atoms with van der Waals surface area (Å²) in [5, 5.41) is 7.25. The minimum absolute atomic E-state index is 0.0965. The lowest BCUT2D eigenvalue weighted by Crippen LogP contribution is -2.24. The van der Waals surface area contributed by atoms with Crippen molar-refractivity contribution in [3.8, 4) is 11.4 Å². The van der Waals surface area contributed by atoms with Crippen LogP contribution >= 0.6 is 11.6 Å². The number of carbonyl (C=O) groups excluding carboxylic acids is 1. The maximum atomic E-state index is 12.1. The Kier molecular flexibility index (Phi) is 5.14. The third kappa shape index (κ3) is 4.25. The molecule has 1 heterocycles. The second-order valence-corrected chi connectivity index (χ2v) is 6.27. The zero-order valence-electron chi connectivity index (χ0n) is 14.0. The molecule has 6 heteroatoms. The summed E-state index contributed by atoms with van der Waals surface area (Å²) in [6, 6.07) is 13.3. The first-order valence-corrected chi connectivity index (χ1v) is 8.31. The number of aryl methyl sites for hydroxylation is 2. The van der Waals surface area contributed by atoms with Crippen LogP contribution in [0.5, 0.6) is 0 Å². The van der Waals surface area contributed by atoms with Crippen molar-refractivity contribution in [3.63, 3.8) is 0 Å². The normalized spacial score (nSPS) is 10.7. The van der Waals surface area contributed by atoms with E-state index in [0.717, 1.165) is 5.56 Å². The summed E-state index contributed by atoms with van der Waals surface area (Å²) >= 11 is 6.12. The third-order valence-corrected chi connectivity index (χ3v) is 4.29. The van der Waals surface area contributed by atoms with Crippen LogP contribution in [0.1, 0.15) is 22.6 Å². The maximum Gasteiger partial charge on any atom is 0.246 e. The average Bonchev–Trinajstić information content (AvgIpc) is 3.05. The molecule has 1 N–H and O–H groups in total. The van der Waals surface area contributed by atoms with Gasteiger partial charge in [-0.15, -0.1) is 0 Å². The molecule has 0 aliphatic heterocycles. The van der Waals surface area contributed by atoms with E-state index >= 15 is 0 Å². The largest absolute Gasteiger partial charge is 0.347 e. The molecule has 0 bridgehead atoms. The van der Waals surface area contributed by atoms with Gasteiger partial charge in [-0.25, -0.2) is 0 Å². The molecule has 25 heavy (non-hydrogen) atoms. The third-order valence-electron chi connectivity index (χ3n) is 3.96. The molecular weight excluding hydrogens is 338 g/mol. The predicted molar refractivity (Wildman–Crippen MR) is 96.2 cm³/mol. The minimum Gasteiger partial charge on any atom is -0.347 e. The number of hydrogen-bond donors (Lipinski definition) is 1. The van der Waals surface area contributed by atoms with Crippen LogP contribution in [0.25, 0.3) is 11.4 Å². The molecule has 0 aliphatic carbocycles. The summed E-state index contributed by atoms with van der Waals surface area (Å²) in [5.41, 5.74) is 4.05. The number of rotatable bonds is 5. The van der Waals surface area contributed by atoms with Crippen molar-refractivity contribution < 1.29 is 9.32 Å². The molecule has 0 radical (unpaired) electrons. The number of halogens is 1. The number of nitrogens with zero attached hydrogens (tertiary/aromatic N) is 2. The van der Waals surface area contributed by atoms with Gasteiger partial charge in [0.1, 0.15) is 0 Å². The van der Waals surface area contributed by atoms with Crippen LogP contribution in [0.4, 0.5) is 0 Å². The van der Waals surface area contributed by atoms with Gasteiger partial charge >= 0.3 is 0 Å². The summed E-state index contributed by atoms with van der Waals surface area (Å²) < 4.78 is 5.18. The van der Waals surface area contributed by atoms with E-state index in [4.69, 9.17) is 16.1 Å². The fraction of sp³-hybridized carbons (Fsp3) is 0.211. The Hall–Kier alpha value is -2.66. The molecule has 0 saturated heterocycles. The fourth-order valence-corrected chi connectivity index (χ4v) is 2.63. The molecule has 3 rings (SSSR count). The van der Waals surface area contributed by atoms with Crippen LogP contribution in [-0.4, -0.2) is 16.0 Å². The highest BCUT2D eigenvalue weighted by Gasteiger charge is 2.12. The van der Waals surface area contributed by atoms with Gasteiger partial charge in [-0.05, 0) is 42.7 Å². The molecule has 0 atom stereocenters. The molecule has 0 fully saturated rings. The van der Waals surface area contributed by atoms with E-state index < -0.39 is 0 Å². The van der Waals surface area contributed by atoms with Gasteiger partial charge in [0.25, 0.3) is 0 Å². The van der Waals surface area contributed by atoms with Gasteiger partial charge in [-0.3, -0.25) is 4.79 Å². The number of hydrogen-bond acceptors (Lipinski definition) is 4. The highest BCUT2D eigenvalue weighted by molar-refractivity contribution is 6.33. The van der Waals surface area contributed by atoms with Crippen molar-refractivity contribution in [2.24, 2.45) is 0 Å². The van der Waals surface area contributed by atoms with Gasteiger partial charge in [-0.1, -0.05) is 47.1 Å². The number of nitrogens with one attached hydrogen (secondary N) is 1. The lowest BCUT2D eigenvalue weighted by Gasteiger charge is -2.05. The summed E-state index contributed by atoms with van der Waals surface area (Å²) in [6.45, 7) is 4.26. The first-order valence-electron chi connectivity index (χ1n) is 7.93. The molecule has 1 amide bonds. The van der Waals surface area contributed by atoms with Crippen LogP contribution in [-0.2, 0) is 17.8 Å². The second kappa shape index (κ2) is 7.49. The fourth-order valence-electron chi connectivity index (χ4n) is 2.41. The van der Waals surface area contributed by atoms with Crippen LogP contribution in [0.2, 0.25) is 5.02 Å². The van der Waals surface area contributed by atoms with E-state index in [1.54, 1.807) is 6.07 Å². The van der Waals surface area contributed by atoms with E-state index in [9.17, 15) is 4.79 Å². The van der Waals surface area contributed by atoms with Gasteiger partial charge in [0.15, 0.2) is 0 Å². The Balaban J connectivity index is 1.59. The lowest BCUT2D eigenvalue weighted by molar-refractivity contribution is -0.120. The van der Waals surface area contributed by atoms with Crippen LogP contribution in [0.15, 0.2) is 47.0 Å². The average molecular weight is 356 g/mol. The molecule has 0 aliphatic rings. The molecule has 5 nitrogen and oxygen atoms in total. The van der Waals surface area contributed by atoms with E-state index in [1.807, 2.05) is 50.2 Å².